The molecular weight excluding hydrogens is 470 g/mol. The first-order valence-electron chi connectivity index (χ1n) is 12.9. The minimum Gasteiger partial charge on any atom is -0.352 e. The normalized spacial score (nSPS) is 23.6. The lowest BCUT2D eigenvalue weighted by atomic mass is 9.68. The van der Waals surface area contributed by atoms with Gasteiger partial charge in [0.1, 0.15) is 11.5 Å². The molecule has 2 atom stereocenters. The van der Waals surface area contributed by atoms with Gasteiger partial charge in [-0.1, -0.05) is 49.2 Å². The Kier molecular flexibility index (Phi) is 5.58. The first kappa shape index (κ1) is 23.4. The summed E-state index contributed by atoms with van der Waals surface area (Å²) in [5.41, 5.74) is 0.938. The van der Waals surface area contributed by atoms with Crippen LogP contribution in [0.4, 0.5) is 10.6 Å². The van der Waals surface area contributed by atoms with E-state index in [1.807, 2.05) is 48.2 Å². The van der Waals surface area contributed by atoms with Crippen LogP contribution in [0, 0.1) is 12.3 Å². The van der Waals surface area contributed by atoms with Crippen molar-refractivity contribution in [2.45, 2.75) is 51.5 Å². The molecule has 1 aromatic carbocycles. The minimum absolute atomic E-state index is 0.0774. The lowest BCUT2D eigenvalue weighted by Crippen LogP contribution is -2.72. The molecule has 2 fully saturated rings. The van der Waals surface area contributed by atoms with Crippen LogP contribution in [0.1, 0.15) is 42.4 Å². The highest BCUT2D eigenvalue weighted by Crippen LogP contribution is 2.45. The third-order valence-electron chi connectivity index (χ3n) is 8.13. The number of aryl methyl sites for hydroxylation is 1. The van der Waals surface area contributed by atoms with E-state index in [-0.39, 0.29) is 18.5 Å². The van der Waals surface area contributed by atoms with Crippen LogP contribution in [0.15, 0.2) is 53.5 Å². The summed E-state index contributed by atoms with van der Waals surface area (Å²) in [6, 6.07) is 12.1. The largest absolute Gasteiger partial charge is 0.352 e. The van der Waals surface area contributed by atoms with Gasteiger partial charge in [0.05, 0.1) is 11.6 Å². The zero-order chi connectivity index (χ0) is 25.7. The number of benzene rings is 1. The number of rotatable bonds is 3. The van der Waals surface area contributed by atoms with E-state index in [1.165, 1.54) is 9.30 Å². The molecule has 3 aliphatic rings. The molecule has 0 unspecified atom stereocenters. The van der Waals surface area contributed by atoms with Gasteiger partial charge in [0.15, 0.2) is 5.41 Å². The van der Waals surface area contributed by atoms with Crippen molar-refractivity contribution in [3.63, 3.8) is 0 Å². The van der Waals surface area contributed by atoms with Gasteiger partial charge in [-0.3, -0.25) is 29.0 Å². The topological polar surface area (TPSA) is 104 Å². The summed E-state index contributed by atoms with van der Waals surface area (Å²) in [4.78, 5) is 62.6. The van der Waals surface area contributed by atoms with Crippen LogP contribution in [-0.4, -0.2) is 51.3 Å². The number of urea groups is 1. The molecule has 5 heterocycles. The number of anilines is 1. The van der Waals surface area contributed by atoms with Crippen LogP contribution in [-0.2, 0) is 22.4 Å². The first-order valence-corrected chi connectivity index (χ1v) is 12.9. The maximum Gasteiger partial charge on any atom is 0.330 e. The minimum atomic E-state index is -1.57. The molecule has 6 rings (SSSR count). The van der Waals surface area contributed by atoms with Crippen molar-refractivity contribution in [2.24, 2.45) is 5.41 Å². The van der Waals surface area contributed by atoms with Gasteiger partial charge in [0, 0.05) is 25.7 Å². The maximum atomic E-state index is 14.2. The monoisotopic (exact) mass is 499 g/mol. The maximum absolute atomic E-state index is 14.2. The highest BCUT2D eigenvalue weighted by Gasteiger charge is 2.62. The number of hydrogen-bond donors (Lipinski definition) is 1. The molecule has 2 aromatic heterocycles. The van der Waals surface area contributed by atoms with Gasteiger partial charge in [-0.25, -0.2) is 9.78 Å². The molecule has 9 heteroatoms. The second-order valence-electron chi connectivity index (χ2n) is 10.3. The molecule has 37 heavy (non-hydrogen) atoms. The van der Waals surface area contributed by atoms with Crippen molar-refractivity contribution in [1.29, 1.82) is 0 Å². The summed E-state index contributed by atoms with van der Waals surface area (Å²) in [5, 5.41) is 2.48. The lowest BCUT2D eigenvalue weighted by molar-refractivity contribution is -0.153. The third-order valence-corrected chi connectivity index (χ3v) is 8.13. The number of aromatic nitrogens is 2. The van der Waals surface area contributed by atoms with Gasteiger partial charge in [-0.2, -0.15) is 0 Å². The molecule has 1 spiro atoms. The fourth-order valence-electron chi connectivity index (χ4n) is 6.23. The predicted octanol–water partition coefficient (Wildman–Crippen LogP) is 2.62. The van der Waals surface area contributed by atoms with Gasteiger partial charge < -0.3 is 4.90 Å². The molecule has 3 aliphatic heterocycles. The van der Waals surface area contributed by atoms with E-state index in [9.17, 15) is 19.2 Å². The van der Waals surface area contributed by atoms with Crippen molar-refractivity contribution >= 4 is 29.3 Å². The Morgan fingerprint density at radius 2 is 1.84 bits per heavy atom. The Bertz CT molecular complexity index is 1480. The number of carbonyl (C=O) groups is 3. The number of amides is 4. The molecule has 0 saturated carbocycles. The van der Waals surface area contributed by atoms with Gasteiger partial charge in [-0.15, -0.1) is 0 Å². The van der Waals surface area contributed by atoms with E-state index < -0.39 is 29.3 Å². The zero-order valence-electron chi connectivity index (χ0n) is 20.8. The average Bonchev–Trinajstić information content (AvgIpc) is 3.16. The van der Waals surface area contributed by atoms with E-state index in [0.717, 1.165) is 30.4 Å². The molecular formula is C28H29N5O4. The summed E-state index contributed by atoms with van der Waals surface area (Å²) >= 11 is 0. The van der Waals surface area contributed by atoms with Crippen molar-refractivity contribution in [3.05, 3.63) is 75.7 Å². The van der Waals surface area contributed by atoms with Gasteiger partial charge in [0.2, 0.25) is 11.8 Å². The Labute approximate surface area is 214 Å². The fourth-order valence-corrected chi connectivity index (χ4v) is 6.23. The number of nitrogens with one attached hydrogen (secondary N) is 1. The summed E-state index contributed by atoms with van der Waals surface area (Å²) in [6.07, 6.45) is 5.34. The van der Waals surface area contributed by atoms with E-state index >= 15 is 0 Å². The second kappa shape index (κ2) is 8.83. The number of barbiturate groups is 1. The fraction of sp³-hybridized carbons (Fsp3) is 0.393. The Hall–Kier alpha value is -4.01. The molecule has 2 saturated heterocycles. The van der Waals surface area contributed by atoms with Crippen molar-refractivity contribution in [1.82, 2.24) is 19.6 Å². The van der Waals surface area contributed by atoms with Crippen molar-refractivity contribution in [2.75, 3.05) is 18.0 Å². The van der Waals surface area contributed by atoms with Crippen LogP contribution in [0.5, 0.6) is 0 Å². The Morgan fingerprint density at radius 1 is 1.03 bits per heavy atom. The van der Waals surface area contributed by atoms with Crippen LogP contribution < -0.4 is 15.8 Å². The SMILES string of the molecule is Cc1cccn2c(=O)c3c(nc12)N1CCCCC[C@@H]1[C@]1(C3)C(=O)NC(=O)N(CCc2ccccc2)C1=O. The number of nitrogens with zero attached hydrogens (tertiary/aromatic N) is 4. The van der Waals surface area contributed by atoms with Gasteiger partial charge >= 0.3 is 6.03 Å². The third kappa shape index (κ3) is 3.55. The number of hydrogen-bond acceptors (Lipinski definition) is 6. The van der Waals surface area contributed by atoms with Crippen LogP contribution in [0.2, 0.25) is 0 Å². The second-order valence-corrected chi connectivity index (χ2v) is 10.3. The first-order chi connectivity index (χ1) is 17.9. The molecule has 0 aliphatic carbocycles. The lowest BCUT2D eigenvalue weighted by Gasteiger charge is -2.50. The summed E-state index contributed by atoms with van der Waals surface area (Å²) in [7, 11) is 0. The van der Waals surface area contributed by atoms with Gasteiger partial charge in [0.25, 0.3) is 5.56 Å². The molecule has 190 valence electrons. The molecule has 4 amide bonds. The number of fused-ring (bicyclic) bond motifs is 5. The molecule has 0 bridgehead atoms. The highest BCUT2D eigenvalue weighted by molar-refractivity contribution is 6.20. The van der Waals surface area contributed by atoms with E-state index in [2.05, 4.69) is 5.32 Å². The quantitative estimate of drug-likeness (QED) is 0.556. The molecule has 9 nitrogen and oxygen atoms in total. The van der Waals surface area contributed by atoms with Crippen LogP contribution in [0.25, 0.3) is 5.65 Å². The summed E-state index contributed by atoms with van der Waals surface area (Å²) < 4.78 is 1.49. The van der Waals surface area contributed by atoms with Crippen LogP contribution >= 0.6 is 0 Å². The molecule has 3 aromatic rings. The number of carbonyl (C=O) groups excluding carboxylic acids is 3. The number of pyridine rings is 1. The molecule has 0 radical (unpaired) electrons. The molecule has 1 N–H and O–H groups in total. The Morgan fingerprint density at radius 3 is 2.65 bits per heavy atom. The summed E-state index contributed by atoms with van der Waals surface area (Å²) in [5.74, 6) is -0.576. The number of imide groups is 2. The van der Waals surface area contributed by atoms with E-state index in [1.54, 1.807) is 12.3 Å². The van der Waals surface area contributed by atoms with Gasteiger partial charge in [-0.05, 0) is 43.4 Å². The van der Waals surface area contributed by atoms with Crippen LogP contribution in [0.3, 0.4) is 0 Å². The van der Waals surface area contributed by atoms with Crippen molar-refractivity contribution < 1.29 is 14.4 Å². The Balaban J connectivity index is 1.48. The average molecular weight is 500 g/mol. The highest BCUT2D eigenvalue weighted by atomic mass is 16.2. The van der Waals surface area contributed by atoms with Crippen molar-refractivity contribution in [3.8, 4) is 0 Å². The van der Waals surface area contributed by atoms with E-state index in [4.69, 9.17) is 4.98 Å². The van der Waals surface area contributed by atoms with E-state index in [0.29, 0.717) is 36.4 Å². The standard InChI is InChI=1S/C28H29N5O4/c1-18-9-8-15-32-22(18)29-23-20(24(32)34)17-28(21-12-6-3-7-14-31(21)23)25(35)30-27(37)33(26(28)36)16-13-19-10-4-2-5-11-19/h2,4-5,8-11,15,21H,3,6-7,12-14,16-17H2,1H3,(H,30,35,37)/t21-,28-/m1/s1. The zero-order valence-corrected chi connectivity index (χ0v) is 20.8. The predicted molar refractivity (Wildman–Crippen MR) is 137 cm³/mol. The summed E-state index contributed by atoms with van der Waals surface area (Å²) in [6.45, 7) is 2.65. The smallest absolute Gasteiger partial charge is 0.330 e.